The Bertz CT molecular complexity index is 195. The molecule has 0 bridgehead atoms. The van der Waals surface area contributed by atoms with Crippen LogP contribution in [0, 0.1) is 0 Å². The number of unbranched alkanes of at least 4 members (excludes halogenated alkanes) is 3. The summed E-state index contributed by atoms with van der Waals surface area (Å²) in [5, 5.41) is 2.64. The number of amides is 2. The van der Waals surface area contributed by atoms with Crippen LogP contribution in [0.2, 0.25) is 0 Å². The molecule has 0 saturated carbocycles. The monoisotopic (exact) mass is 215 g/mol. The molecule has 0 aromatic heterocycles. The van der Waals surface area contributed by atoms with Crippen molar-refractivity contribution >= 4 is 11.8 Å². The van der Waals surface area contributed by atoms with Crippen LogP contribution in [0.5, 0.6) is 0 Å². The maximum atomic E-state index is 11.2. The Hall–Kier alpha value is -1.10. The molecule has 5 heteroatoms. The summed E-state index contributed by atoms with van der Waals surface area (Å²) in [7, 11) is 0. The molecule has 0 atom stereocenters. The minimum Gasteiger partial charge on any atom is -0.370 e. The van der Waals surface area contributed by atoms with Crippen LogP contribution in [0.1, 0.15) is 38.5 Å². The molecule has 0 saturated heterocycles. The van der Waals surface area contributed by atoms with Gasteiger partial charge >= 0.3 is 0 Å². The van der Waals surface area contributed by atoms with E-state index in [-0.39, 0.29) is 12.3 Å². The molecule has 5 nitrogen and oxygen atoms in total. The van der Waals surface area contributed by atoms with Crippen molar-refractivity contribution < 1.29 is 9.59 Å². The van der Waals surface area contributed by atoms with E-state index in [1.165, 1.54) is 0 Å². The Balaban J connectivity index is 3.22. The quantitative estimate of drug-likeness (QED) is 0.468. The summed E-state index contributed by atoms with van der Waals surface area (Å²) >= 11 is 0. The van der Waals surface area contributed by atoms with Gasteiger partial charge in [0.1, 0.15) is 0 Å². The van der Waals surface area contributed by atoms with E-state index in [9.17, 15) is 9.59 Å². The second-order valence-electron chi connectivity index (χ2n) is 3.52. The van der Waals surface area contributed by atoms with Crippen molar-refractivity contribution in [2.24, 2.45) is 11.5 Å². The van der Waals surface area contributed by atoms with Crippen LogP contribution in [0.25, 0.3) is 0 Å². The Morgan fingerprint density at radius 1 is 1.00 bits per heavy atom. The highest BCUT2D eigenvalue weighted by Gasteiger charge is 2.01. The predicted octanol–water partition coefficient (Wildman–Crippen LogP) is -0.113. The molecular weight excluding hydrogens is 194 g/mol. The Morgan fingerprint density at radius 2 is 1.67 bits per heavy atom. The molecule has 0 aliphatic carbocycles. The summed E-state index contributed by atoms with van der Waals surface area (Å²) in [6.45, 7) is 1.06. The average Bonchev–Trinajstić information content (AvgIpc) is 2.17. The first-order chi connectivity index (χ1) is 7.16. The minimum absolute atomic E-state index is 0.0102. The summed E-state index contributed by atoms with van der Waals surface area (Å²) in [4.78, 5) is 21.5. The maximum absolute atomic E-state index is 11.2. The zero-order valence-electron chi connectivity index (χ0n) is 9.13. The Labute approximate surface area is 90.6 Å². The van der Waals surface area contributed by atoms with Gasteiger partial charge < -0.3 is 16.8 Å². The average molecular weight is 215 g/mol. The lowest BCUT2D eigenvalue weighted by molar-refractivity contribution is -0.121. The third-order valence-electron chi connectivity index (χ3n) is 2.05. The summed E-state index contributed by atoms with van der Waals surface area (Å²) in [5.41, 5.74) is 10.3. The van der Waals surface area contributed by atoms with Gasteiger partial charge in [-0.2, -0.15) is 0 Å². The maximum Gasteiger partial charge on any atom is 0.220 e. The van der Waals surface area contributed by atoms with E-state index in [0.717, 1.165) is 25.7 Å². The van der Waals surface area contributed by atoms with Crippen molar-refractivity contribution in [2.45, 2.75) is 38.5 Å². The molecule has 0 fully saturated rings. The molecular formula is C10H21N3O2. The molecule has 0 unspecified atom stereocenters. The Morgan fingerprint density at radius 3 is 2.27 bits per heavy atom. The fraction of sp³-hybridized carbons (Fsp3) is 0.800. The summed E-state index contributed by atoms with van der Waals surface area (Å²) < 4.78 is 0. The van der Waals surface area contributed by atoms with Crippen molar-refractivity contribution in [1.82, 2.24) is 5.32 Å². The SMILES string of the molecule is NCCCCCCC(=O)NCCC(N)=O. The third kappa shape index (κ3) is 10.8. The van der Waals surface area contributed by atoms with Gasteiger partial charge in [-0.15, -0.1) is 0 Å². The van der Waals surface area contributed by atoms with Gasteiger partial charge in [0.05, 0.1) is 0 Å². The first-order valence-electron chi connectivity index (χ1n) is 5.42. The molecule has 2 amide bonds. The van der Waals surface area contributed by atoms with Crippen LogP contribution in [0.4, 0.5) is 0 Å². The minimum atomic E-state index is -0.391. The number of primary amides is 1. The fourth-order valence-electron chi connectivity index (χ4n) is 1.20. The fourth-order valence-corrected chi connectivity index (χ4v) is 1.20. The van der Waals surface area contributed by atoms with Gasteiger partial charge in [0.2, 0.25) is 11.8 Å². The highest BCUT2D eigenvalue weighted by Crippen LogP contribution is 2.01. The van der Waals surface area contributed by atoms with Crippen molar-refractivity contribution in [3.63, 3.8) is 0 Å². The number of nitrogens with two attached hydrogens (primary N) is 2. The van der Waals surface area contributed by atoms with Crippen molar-refractivity contribution in [2.75, 3.05) is 13.1 Å². The molecule has 5 N–H and O–H groups in total. The summed E-state index contributed by atoms with van der Waals surface area (Å²) in [6, 6.07) is 0. The van der Waals surface area contributed by atoms with Crippen molar-refractivity contribution in [3.05, 3.63) is 0 Å². The number of hydrogen-bond donors (Lipinski definition) is 3. The summed E-state index contributed by atoms with van der Waals surface area (Å²) in [5.74, 6) is -0.401. The number of hydrogen-bond acceptors (Lipinski definition) is 3. The lowest BCUT2D eigenvalue weighted by Gasteiger charge is -2.03. The molecule has 0 aliphatic heterocycles. The highest BCUT2D eigenvalue weighted by molar-refractivity contribution is 5.77. The highest BCUT2D eigenvalue weighted by atomic mass is 16.2. The Kier molecular flexibility index (Phi) is 8.76. The number of carbonyl (C=O) groups is 2. The van der Waals surface area contributed by atoms with Crippen molar-refractivity contribution in [1.29, 1.82) is 0 Å². The molecule has 0 aromatic rings. The summed E-state index contributed by atoms with van der Waals surface area (Å²) in [6.07, 6.45) is 4.72. The molecule has 0 spiro atoms. The van der Waals surface area contributed by atoms with E-state index in [1.54, 1.807) is 0 Å². The number of carbonyl (C=O) groups excluding carboxylic acids is 2. The molecule has 0 heterocycles. The van der Waals surface area contributed by atoms with E-state index in [2.05, 4.69) is 5.32 Å². The lowest BCUT2D eigenvalue weighted by Crippen LogP contribution is -2.27. The molecule has 88 valence electrons. The van der Waals surface area contributed by atoms with E-state index in [4.69, 9.17) is 11.5 Å². The van der Waals surface area contributed by atoms with E-state index >= 15 is 0 Å². The molecule has 0 radical (unpaired) electrons. The van der Waals surface area contributed by atoms with Gasteiger partial charge in [0, 0.05) is 19.4 Å². The molecule has 0 aliphatic rings. The van der Waals surface area contributed by atoms with Crippen LogP contribution in [0.15, 0.2) is 0 Å². The number of rotatable bonds is 9. The van der Waals surface area contributed by atoms with Crippen LogP contribution in [-0.2, 0) is 9.59 Å². The van der Waals surface area contributed by atoms with Gasteiger partial charge in [-0.05, 0) is 19.4 Å². The van der Waals surface area contributed by atoms with Crippen LogP contribution < -0.4 is 16.8 Å². The first kappa shape index (κ1) is 13.9. The third-order valence-corrected chi connectivity index (χ3v) is 2.05. The number of nitrogens with one attached hydrogen (secondary N) is 1. The van der Waals surface area contributed by atoms with Crippen LogP contribution in [-0.4, -0.2) is 24.9 Å². The van der Waals surface area contributed by atoms with Crippen LogP contribution in [0.3, 0.4) is 0 Å². The van der Waals surface area contributed by atoms with Gasteiger partial charge in [-0.25, -0.2) is 0 Å². The van der Waals surface area contributed by atoms with Gasteiger partial charge in [-0.1, -0.05) is 12.8 Å². The van der Waals surface area contributed by atoms with Crippen LogP contribution >= 0.6 is 0 Å². The molecule has 0 aromatic carbocycles. The van der Waals surface area contributed by atoms with E-state index < -0.39 is 5.91 Å². The zero-order valence-corrected chi connectivity index (χ0v) is 9.13. The predicted molar refractivity (Wildman–Crippen MR) is 59.0 cm³/mol. The van der Waals surface area contributed by atoms with Gasteiger partial charge in [0.25, 0.3) is 0 Å². The van der Waals surface area contributed by atoms with Crippen molar-refractivity contribution in [3.8, 4) is 0 Å². The van der Waals surface area contributed by atoms with Gasteiger partial charge in [0.15, 0.2) is 0 Å². The first-order valence-corrected chi connectivity index (χ1v) is 5.42. The largest absolute Gasteiger partial charge is 0.370 e. The smallest absolute Gasteiger partial charge is 0.220 e. The van der Waals surface area contributed by atoms with E-state index in [1.807, 2.05) is 0 Å². The molecule has 15 heavy (non-hydrogen) atoms. The normalized spacial score (nSPS) is 9.93. The zero-order chi connectivity index (χ0) is 11.5. The van der Waals surface area contributed by atoms with Gasteiger partial charge in [-0.3, -0.25) is 9.59 Å². The molecule has 0 rings (SSSR count). The van der Waals surface area contributed by atoms with E-state index in [0.29, 0.717) is 19.5 Å². The second kappa shape index (κ2) is 9.45. The topological polar surface area (TPSA) is 98.2 Å². The lowest BCUT2D eigenvalue weighted by atomic mass is 10.1. The standard InChI is InChI=1S/C10H21N3O2/c11-7-4-2-1-3-5-10(15)13-8-6-9(12)14/h1-8,11H2,(H2,12,14)(H,13,15). The second-order valence-corrected chi connectivity index (χ2v) is 3.52.